The maximum absolute atomic E-state index is 12.3. The second kappa shape index (κ2) is 4.78. The molecule has 1 aliphatic carbocycles. The Kier molecular flexibility index (Phi) is 3.08. The minimum atomic E-state index is -0.507. The Hall–Kier alpha value is -2.10. The lowest BCUT2D eigenvalue weighted by Crippen LogP contribution is -2.58. The molecule has 2 aliphatic heterocycles. The van der Waals surface area contributed by atoms with Crippen molar-refractivity contribution in [3.8, 4) is 5.75 Å². The van der Waals surface area contributed by atoms with Crippen LogP contribution in [0, 0.1) is 11.3 Å². The minimum Gasteiger partial charge on any atom is -0.410 e. The number of ether oxygens (including phenoxy) is 1. The standard InChI is InChI=1S/C16H17NO3/c1-16(11-18)9-12-7-8-14(16)17(10-12)15(19)20-13-5-3-2-4-6-13/h2-8,11-12,14H,9-10H2,1H3/t12-,14-,16-/m1/s1. The van der Waals surface area contributed by atoms with Crippen LogP contribution in [-0.4, -0.2) is 29.9 Å². The normalized spacial score (nSPS) is 31.1. The topological polar surface area (TPSA) is 46.6 Å². The lowest BCUT2D eigenvalue weighted by Gasteiger charge is -2.49. The number of benzene rings is 1. The Labute approximate surface area is 118 Å². The van der Waals surface area contributed by atoms with Crippen LogP contribution in [0.1, 0.15) is 13.3 Å². The maximum Gasteiger partial charge on any atom is 0.415 e. The van der Waals surface area contributed by atoms with Crippen LogP contribution in [0.4, 0.5) is 4.79 Å². The van der Waals surface area contributed by atoms with Crippen molar-refractivity contribution >= 4 is 12.4 Å². The molecule has 1 saturated heterocycles. The van der Waals surface area contributed by atoms with Gasteiger partial charge >= 0.3 is 6.09 Å². The minimum absolute atomic E-state index is 0.207. The number of nitrogens with zero attached hydrogens (tertiary/aromatic N) is 1. The van der Waals surface area contributed by atoms with Crippen molar-refractivity contribution in [2.24, 2.45) is 11.3 Å². The molecule has 2 bridgehead atoms. The molecule has 2 heterocycles. The Bertz CT molecular complexity index is 554. The van der Waals surface area contributed by atoms with Crippen molar-refractivity contribution in [3.63, 3.8) is 0 Å². The van der Waals surface area contributed by atoms with E-state index in [2.05, 4.69) is 6.08 Å². The molecule has 0 unspecified atom stereocenters. The summed E-state index contributed by atoms with van der Waals surface area (Å²) >= 11 is 0. The third-order valence-electron chi connectivity index (χ3n) is 4.16. The number of para-hydroxylation sites is 1. The van der Waals surface area contributed by atoms with Crippen molar-refractivity contribution in [2.45, 2.75) is 19.4 Å². The number of carbonyl (C=O) groups excluding carboxylic acids is 2. The predicted molar refractivity (Wildman–Crippen MR) is 74.4 cm³/mol. The second-order valence-electron chi connectivity index (χ2n) is 5.75. The monoisotopic (exact) mass is 271 g/mol. The summed E-state index contributed by atoms with van der Waals surface area (Å²) in [6, 6.07) is 8.79. The fourth-order valence-corrected chi connectivity index (χ4v) is 3.14. The molecule has 4 heteroatoms. The third-order valence-corrected chi connectivity index (χ3v) is 4.16. The second-order valence-corrected chi connectivity index (χ2v) is 5.75. The number of amides is 1. The molecule has 20 heavy (non-hydrogen) atoms. The van der Waals surface area contributed by atoms with Gasteiger partial charge in [0.15, 0.2) is 0 Å². The van der Waals surface area contributed by atoms with Crippen LogP contribution in [0.3, 0.4) is 0 Å². The van der Waals surface area contributed by atoms with Gasteiger partial charge in [0.05, 0.1) is 6.04 Å². The van der Waals surface area contributed by atoms with E-state index in [-0.39, 0.29) is 18.1 Å². The molecule has 0 radical (unpaired) electrons. The number of rotatable bonds is 2. The van der Waals surface area contributed by atoms with Crippen LogP contribution in [0.15, 0.2) is 42.5 Å². The number of piperidine rings is 1. The first-order valence-electron chi connectivity index (χ1n) is 6.80. The van der Waals surface area contributed by atoms with Gasteiger partial charge in [0, 0.05) is 12.0 Å². The van der Waals surface area contributed by atoms with Crippen LogP contribution < -0.4 is 4.74 Å². The first-order chi connectivity index (χ1) is 9.62. The third kappa shape index (κ3) is 2.11. The summed E-state index contributed by atoms with van der Waals surface area (Å²) in [4.78, 5) is 25.4. The zero-order chi connectivity index (χ0) is 14.2. The molecule has 0 N–H and O–H groups in total. The lowest BCUT2D eigenvalue weighted by atomic mass is 9.68. The highest BCUT2D eigenvalue weighted by atomic mass is 16.6. The Morgan fingerprint density at radius 2 is 2.10 bits per heavy atom. The highest BCUT2D eigenvalue weighted by Crippen LogP contribution is 2.42. The zero-order valence-corrected chi connectivity index (χ0v) is 11.4. The van der Waals surface area contributed by atoms with Crippen LogP contribution in [-0.2, 0) is 4.79 Å². The largest absolute Gasteiger partial charge is 0.415 e. The molecule has 0 spiro atoms. The number of hydrogen-bond donors (Lipinski definition) is 0. The van der Waals surface area contributed by atoms with E-state index in [1.54, 1.807) is 17.0 Å². The van der Waals surface area contributed by atoms with E-state index >= 15 is 0 Å². The SMILES string of the molecule is C[C@]1(C=O)C[C@H]2C=C[C@H]1N(C(=O)Oc1ccccc1)C2. The van der Waals surface area contributed by atoms with Crippen molar-refractivity contribution < 1.29 is 14.3 Å². The van der Waals surface area contributed by atoms with Gasteiger partial charge < -0.3 is 9.53 Å². The molecular formula is C16H17NO3. The van der Waals surface area contributed by atoms with E-state index in [4.69, 9.17) is 4.74 Å². The average molecular weight is 271 g/mol. The van der Waals surface area contributed by atoms with Gasteiger partial charge in [-0.05, 0) is 24.5 Å². The molecule has 3 atom stereocenters. The van der Waals surface area contributed by atoms with E-state index in [9.17, 15) is 9.59 Å². The fourth-order valence-electron chi connectivity index (χ4n) is 3.14. The van der Waals surface area contributed by atoms with E-state index in [0.717, 1.165) is 12.7 Å². The van der Waals surface area contributed by atoms with Crippen LogP contribution in [0.2, 0.25) is 0 Å². The number of hydrogen-bond acceptors (Lipinski definition) is 3. The molecule has 1 amide bonds. The van der Waals surface area contributed by atoms with Gasteiger partial charge in [0.2, 0.25) is 0 Å². The summed E-state index contributed by atoms with van der Waals surface area (Å²) in [6.45, 7) is 2.53. The summed E-state index contributed by atoms with van der Waals surface area (Å²) in [5.41, 5.74) is -0.507. The van der Waals surface area contributed by atoms with Gasteiger partial charge in [-0.1, -0.05) is 37.3 Å². The molecule has 4 rings (SSSR count). The van der Waals surface area contributed by atoms with E-state index in [1.165, 1.54) is 0 Å². The quantitative estimate of drug-likeness (QED) is 0.613. The van der Waals surface area contributed by atoms with Gasteiger partial charge in [0.1, 0.15) is 12.0 Å². The van der Waals surface area contributed by atoms with E-state index in [0.29, 0.717) is 12.3 Å². The van der Waals surface area contributed by atoms with E-state index < -0.39 is 5.41 Å². The number of carbonyl (C=O) groups is 2. The Balaban J connectivity index is 1.79. The lowest BCUT2D eigenvalue weighted by molar-refractivity contribution is -0.121. The fraction of sp³-hybridized carbons (Fsp3) is 0.375. The number of fused-ring (bicyclic) bond motifs is 2. The Morgan fingerprint density at radius 1 is 1.35 bits per heavy atom. The van der Waals surface area contributed by atoms with Crippen molar-refractivity contribution in [3.05, 3.63) is 42.5 Å². The van der Waals surface area contributed by atoms with Crippen LogP contribution in [0.25, 0.3) is 0 Å². The molecular weight excluding hydrogens is 254 g/mol. The summed E-state index contributed by atoms with van der Waals surface area (Å²) in [5.74, 6) is 0.759. The Morgan fingerprint density at radius 3 is 2.75 bits per heavy atom. The molecule has 104 valence electrons. The molecule has 1 aromatic carbocycles. The number of aldehydes is 1. The van der Waals surface area contributed by atoms with Gasteiger partial charge in [-0.15, -0.1) is 0 Å². The average Bonchev–Trinajstić information content (AvgIpc) is 2.48. The summed E-state index contributed by atoms with van der Waals surface area (Å²) < 4.78 is 5.38. The summed E-state index contributed by atoms with van der Waals surface area (Å²) in [5, 5.41) is 0. The van der Waals surface area contributed by atoms with Gasteiger partial charge in [-0.2, -0.15) is 0 Å². The molecule has 1 aromatic rings. The molecule has 0 aromatic heterocycles. The van der Waals surface area contributed by atoms with Gasteiger partial charge in [-0.25, -0.2) is 4.79 Å². The first kappa shape index (κ1) is 12.9. The zero-order valence-electron chi connectivity index (χ0n) is 11.4. The van der Waals surface area contributed by atoms with Crippen molar-refractivity contribution in [1.82, 2.24) is 4.90 Å². The predicted octanol–water partition coefficient (Wildman–Crippen LogP) is 2.65. The van der Waals surface area contributed by atoms with Crippen LogP contribution >= 0.6 is 0 Å². The van der Waals surface area contributed by atoms with Crippen molar-refractivity contribution in [1.29, 1.82) is 0 Å². The summed E-state index contributed by atoms with van der Waals surface area (Å²) in [6.07, 6.45) is 5.44. The van der Waals surface area contributed by atoms with Gasteiger partial charge in [0.25, 0.3) is 0 Å². The highest BCUT2D eigenvalue weighted by Gasteiger charge is 2.48. The smallest absolute Gasteiger partial charge is 0.410 e. The molecule has 0 saturated carbocycles. The summed E-state index contributed by atoms with van der Waals surface area (Å²) in [7, 11) is 0. The molecule has 3 aliphatic rings. The highest BCUT2D eigenvalue weighted by molar-refractivity contribution is 5.74. The first-order valence-corrected chi connectivity index (χ1v) is 6.80. The van der Waals surface area contributed by atoms with Gasteiger partial charge in [-0.3, -0.25) is 4.90 Å². The van der Waals surface area contributed by atoms with Crippen LogP contribution in [0.5, 0.6) is 5.75 Å². The van der Waals surface area contributed by atoms with E-state index in [1.807, 2.05) is 31.2 Å². The molecule has 1 fully saturated rings. The molecule has 4 nitrogen and oxygen atoms in total. The van der Waals surface area contributed by atoms with Crippen molar-refractivity contribution in [2.75, 3.05) is 6.54 Å². The maximum atomic E-state index is 12.3.